The van der Waals surface area contributed by atoms with Gasteiger partial charge in [0.1, 0.15) is 11.7 Å². The predicted molar refractivity (Wildman–Crippen MR) is 122 cm³/mol. The Labute approximate surface area is 190 Å². The molecule has 164 valence electrons. The number of ketones is 2. The molecule has 8 heteroatoms. The van der Waals surface area contributed by atoms with Crippen molar-refractivity contribution in [2.75, 3.05) is 12.0 Å². The number of Topliss-reactive ketones (excluding diaryl/α,β-unsaturated/α-hetero) is 2. The van der Waals surface area contributed by atoms with E-state index in [9.17, 15) is 14.4 Å². The fraction of sp³-hybridized carbons (Fsp3) is 0.292. The lowest BCUT2D eigenvalue weighted by atomic mass is 9.77. The molecule has 0 N–H and O–H groups in total. The Bertz CT molecular complexity index is 1180. The molecule has 7 nitrogen and oxygen atoms in total. The summed E-state index contributed by atoms with van der Waals surface area (Å²) in [6.45, 7) is 5.25. The SMILES string of the molecule is COc1ccccc1C1C(C(=O)C(C)(C)C)C(=O)C(=O)N1c1nc(-c2cccnc2)cs1. The highest BCUT2D eigenvalue weighted by Crippen LogP contribution is 2.46. The van der Waals surface area contributed by atoms with Crippen LogP contribution >= 0.6 is 11.3 Å². The van der Waals surface area contributed by atoms with Crippen molar-refractivity contribution < 1.29 is 19.1 Å². The van der Waals surface area contributed by atoms with E-state index in [1.54, 1.807) is 63.5 Å². The summed E-state index contributed by atoms with van der Waals surface area (Å²) < 4.78 is 5.51. The monoisotopic (exact) mass is 449 g/mol. The molecule has 1 saturated heterocycles. The topological polar surface area (TPSA) is 89.5 Å². The summed E-state index contributed by atoms with van der Waals surface area (Å²) in [5.74, 6) is -2.40. The van der Waals surface area contributed by atoms with E-state index in [0.29, 0.717) is 22.1 Å². The van der Waals surface area contributed by atoms with Crippen LogP contribution in [0.5, 0.6) is 5.75 Å². The quantitative estimate of drug-likeness (QED) is 0.430. The minimum atomic E-state index is -1.15. The minimum Gasteiger partial charge on any atom is -0.496 e. The molecular formula is C24H23N3O4S. The van der Waals surface area contributed by atoms with E-state index >= 15 is 0 Å². The van der Waals surface area contributed by atoms with E-state index in [4.69, 9.17) is 4.74 Å². The highest BCUT2D eigenvalue weighted by Gasteiger charge is 2.55. The third-order valence-electron chi connectivity index (χ3n) is 5.44. The summed E-state index contributed by atoms with van der Waals surface area (Å²) >= 11 is 1.24. The van der Waals surface area contributed by atoms with Crippen molar-refractivity contribution in [3.8, 4) is 17.0 Å². The molecule has 3 heterocycles. The Morgan fingerprint density at radius 1 is 1.12 bits per heavy atom. The summed E-state index contributed by atoms with van der Waals surface area (Å²) in [6, 6.07) is 9.95. The van der Waals surface area contributed by atoms with Crippen molar-refractivity contribution >= 4 is 33.9 Å². The number of pyridine rings is 1. The molecule has 32 heavy (non-hydrogen) atoms. The summed E-state index contributed by atoms with van der Waals surface area (Å²) in [6.07, 6.45) is 3.35. The lowest BCUT2D eigenvalue weighted by Gasteiger charge is -2.29. The van der Waals surface area contributed by atoms with Gasteiger partial charge in [0.05, 0.1) is 18.8 Å². The largest absolute Gasteiger partial charge is 0.496 e. The third kappa shape index (κ3) is 3.71. The van der Waals surface area contributed by atoms with E-state index < -0.39 is 29.1 Å². The molecule has 0 saturated carbocycles. The normalized spacial score (nSPS) is 18.8. The molecule has 2 atom stereocenters. The van der Waals surface area contributed by atoms with Gasteiger partial charge in [-0.05, 0) is 18.2 Å². The van der Waals surface area contributed by atoms with E-state index in [1.807, 2.05) is 11.4 Å². The smallest absolute Gasteiger partial charge is 0.297 e. The molecule has 3 aromatic rings. The van der Waals surface area contributed by atoms with Crippen LogP contribution in [-0.4, -0.2) is 34.6 Å². The number of amides is 1. The summed E-state index contributed by atoms with van der Waals surface area (Å²) in [5.41, 5.74) is 1.22. The second kappa shape index (κ2) is 8.27. The van der Waals surface area contributed by atoms with Crippen LogP contribution in [0.4, 0.5) is 5.13 Å². The number of para-hydroxylation sites is 1. The van der Waals surface area contributed by atoms with Gasteiger partial charge in [-0.3, -0.25) is 24.3 Å². The Balaban J connectivity index is 1.87. The number of methoxy groups -OCH3 is 1. The van der Waals surface area contributed by atoms with Crippen molar-refractivity contribution in [1.82, 2.24) is 9.97 Å². The van der Waals surface area contributed by atoms with Gasteiger partial charge in [0, 0.05) is 34.3 Å². The molecule has 2 unspecified atom stereocenters. The number of ether oxygens (including phenoxy) is 1. The van der Waals surface area contributed by atoms with Crippen LogP contribution in [0.3, 0.4) is 0 Å². The van der Waals surface area contributed by atoms with Crippen LogP contribution < -0.4 is 9.64 Å². The van der Waals surface area contributed by atoms with E-state index in [-0.39, 0.29) is 5.78 Å². The maximum absolute atomic E-state index is 13.3. The number of carbonyl (C=O) groups excluding carboxylic acids is 3. The Morgan fingerprint density at radius 2 is 1.88 bits per heavy atom. The van der Waals surface area contributed by atoms with E-state index in [2.05, 4.69) is 9.97 Å². The molecule has 2 aromatic heterocycles. The predicted octanol–water partition coefficient (Wildman–Crippen LogP) is 4.10. The first-order chi connectivity index (χ1) is 15.2. The lowest BCUT2D eigenvalue weighted by Crippen LogP contribution is -2.36. The highest BCUT2D eigenvalue weighted by atomic mass is 32.1. The maximum Gasteiger partial charge on any atom is 0.297 e. The van der Waals surface area contributed by atoms with Gasteiger partial charge < -0.3 is 4.74 Å². The minimum absolute atomic E-state index is 0.293. The van der Waals surface area contributed by atoms with E-state index in [0.717, 1.165) is 5.56 Å². The van der Waals surface area contributed by atoms with Gasteiger partial charge in [-0.25, -0.2) is 4.98 Å². The number of thiazole rings is 1. The molecule has 0 spiro atoms. The molecule has 0 aliphatic carbocycles. The van der Waals surface area contributed by atoms with Gasteiger partial charge in [0.25, 0.3) is 5.91 Å². The van der Waals surface area contributed by atoms with Crippen molar-refractivity contribution in [2.45, 2.75) is 26.8 Å². The molecular weight excluding hydrogens is 426 g/mol. The molecule has 1 amide bonds. The van der Waals surface area contributed by atoms with E-state index in [1.165, 1.54) is 23.3 Å². The zero-order valence-corrected chi connectivity index (χ0v) is 19.1. The Morgan fingerprint density at radius 3 is 2.53 bits per heavy atom. The fourth-order valence-electron chi connectivity index (χ4n) is 3.86. The average Bonchev–Trinajstić information content (AvgIpc) is 3.36. The second-order valence-corrected chi connectivity index (χ2v) is 9.41. The van der Waals surface area contributed by atoms with Crippen molar-refractivity contribution in [3.05, 3.63) is 59.7 Å². The molecule has 4 rings (SSSR count). The van der Waals surface area contributed by atoms with Crippen molar-refractivity contribution in [1.29, 1.82) is 0 Å². The molecule has 1 aromatic carbocycles. The Hall–Kier alpha value is -3.39. The van der Waals surface area contributed by atoms with Gasteiger partial charge in [0.2, 0.25) is 5.78 Å². The number of anilines is 1. The van der Waals surface area contributed by atoms with Gasteiger partial charge in [-0.2, -0.15) is 0 Å². The summed E-state index contributed by atoms with van der Waals surface area (Å²) in [7, 11) is 1.52. The van der Waals surface area contributed by atoms with Crippen molar-refractivity contribution in [2.24, 2.45) is 11.3 Å². The first kappa shape index (κ1) is 21.8. The second-order valence-electron chi connectivity index (χ2n) is 8.58. The summed E-state index contributed by atoms with van der Waals surface area (Å²) in [5, 5.41) is 2.16. The van der Waals surface area contributed by atoms with Gasteiger partial charge >= 0.3 is 0 Å². The number of hydrogen-bond donors (Lipinski definition) is 0. The number of hydrogen-bond acceptors (Lipinski definition) is 7. The molecule has 1 aliphatic heterocycles. The van der Waals surface area contributed by atoms with Crippen LogP contribution in [0.2, 0.25) is 0 Å². The lowest BCUT2D eigenvalue weighted by molar-refractivity contribution is -0.141. The highest BCUT2D eigenvalue weighted by molar-refractivity contribution is 7.14. The van der Waals surface area contributed by atoms with Gasteiger partial charge in [0.15, 0.2) is 10.9 Å². The Kier molecular flexibility index (Phi) is 5.64. The van der Waals surface area contributed by atoms with Crippen molar-refractivity contribution in [3.63, 3.8) is 0 Å². The number of benzene rings is 1. The third-order valence-corrected chi connectivity index (χ3v) is 6.28. The van der Waals surface area contributed by atoms with Crippen LogP contribution in [-0.2, 0) is 14.4 Å². The molecule has 1 fully saturated rings. The zero-order chi connectivity index (χ0) is 23.0. The molecule has 1 aliphatic rings. The number of carbonyl (C=O) groups is 3. The van der Waals surface area contributed by atoms with Gasteiger partial charge in [-0.15, -0.1) is 11.3 Å². The number of rotatable bonds is 5. The zero-order valence-electron chi connectivity index (χ0n) is 18.2. The van der Waals surface area contributed by atoms with Crippen LogP contribution in [0.1, 0.15) is 32.4 Å². The first-order valence-electron chi connectivity index (χ1n) is 10.1. The average molecular weight is 450 g/mol. The number of aromatic nitrogens is 2. The van der Waals surface area contributed by atoms with Gasteiger partial charge in [-0.1, -0.05) is 39.0 Å². The molecule has 0 bridgehead atoms. The maximum atomic E-state index is 13.3. The fourth-order valence-corrected chi connectivity index (χ4v) is 4.72. The van der Waals surface area contributed by atoms with Crippen LogP contribution in [0.15, 0.2) is 54.2 Å². The van der Waals surface area contributed by atoms with Crippen LogP contribution in [0.25, 0.3) is 11.3 Å². The standard InChI is InChI=1S/C24H23N3O4S/c1-24(2,3)21(29)18-19(15-9-5-6-10-17(15)31-4)27(22(30)20(18)28)23-26-16(13-32-23)14-8-7-11-25-12-14/h5-13,18-19H,1-4H3. The summed E-state index contributed by atoms with van der Waals surface area (Å²) in [4.78, 5) is 49.8. The first-order valence-corrected chi connectivity index (χ1v) is 11.0. The molecule has 0 radical (unpaired) electrons. The van der Waals surface area contributed by atoms with Crippen LogP contribution in [0, 0.1) is 11.3 Å². The number of nitrogens with zero attached hydrogens (tertiary/aromatic N) is 3.